The Morgan fingerprint density at radius 1 is 1.47 bits per heavy atom. The van der Waals surface area contributed by atoms with E-state index in [9.17, 15) is 4.79 Å². The topological polar surface area (TPSA) is 39.2 Å². The molecule has 0 atom stereocenters. The Morgan fingerprint density at radius 2 is 2.24 bits per heavy atom. The van der Waals surface area contributed by atoms with Gasteiger partial charge in [-0.25, -0.2) is 4.98 Å². The van der Waals surface area contributed by atoms with Crippen LogP contribution in [0.5, 0.6) is 0 Å². The molecule has 2 aliphatic rings. The van der Waals surface area contributed by atoms with Crippen molar-refractivity contribution >= 4 is 17.4 Å². The van der Waals surface area contributed by atoms with Crippen molar-refractivity contribution in [1.82, 2.24) is 4.98 Å². The monoisotopic (exact) mass is 251 g/mol. The fourth-order valence-electron chi connectivity index (χ4n) is 2.37. The van der Waals surface area contributed by atoms with E-state index in [4.69, 9.17) is 16.3 Å². The molecule has 0 bridgehead atoms. The minimum atomic E-state index is -0.257. The number of nitrogens with zero attached hydrogens (tertiary/aromatic N) is 1. The quantitative estimate of drug-likeness (QED) is 0.772. The van der Waals surface area contributed by atoms with Gasteiger partial charge in [0, 0.05) is 18.5 Å². The van der Waals surface area contributed by atoms with E-state index in [-0.39, 0.29) is 5.41 Å². The summed E-state index contributed by atoms with van der Waals surface area (Å²) in [5.41, 5.74) is 0.764. The third-order valence-electron chi connectivity index (χ3n) is 3.74. The molecule has 0 spiro atoms. The molecule has 1 aliphatic carbocycles. The van der Waals surface area contributed by atoms with Crippen LogP contribution in [-0.2, 0) is 14.9 Å². The predicted molar refractivity (Wildman–Crippen MR) is 64.1 cm³/mol. The first-order valence-corrected chi connectivity index (χ1v) is 6.31. The number of carbonyl (C=O) groups is 1. The largest absolute Gasteiger partial charge is 0.381 e. The Balaban J connectivity index is 1.76. The summed E-state index contributed by atoms with van der Waals surface area (Å²) in [4.78, 5) is 16.4. The van der Waals surface area contributed by atoms with E-state index in [0.29, 0.717) is 23.3 Å². The van der Waals surface area contributed by atoms with Crippen molar-refractivity contribution in [1.29, 1.82) is 0 Å². The zero-order valence-corrected chi connectivity index (χ0v) is 10.2. The highest BCUT2D eigenvalue weighted by atomic mass is 35.5. The van der Waals surface area contributed by atoms with Crippen molar-refractivity contribution in [2.24, 2.45) is 5.92 Å². The maximum absolute atomic E-state index is 12.3. The Bertz CT molecular complexity index is 435. The third kappa shape index (κ3) is 1.98. The van der Waals surface area contributed by atoms with Crippen LogP contribution in [0.1, 0.15) is 24.8 Å². The Kier molecular flexibility index (Phi) is 2.68. The number of hydrogen-bond donors (Lipinski definition) is 0. The maximum Gasteiger partial charge on any atom is 0.143 e. The summed E-state index contributed by atoms with van der Waals surface area (Å²) in [6.07, 6.45) is 4.28. The van der Waals surface area contributed by atoms with Gasteiger partial charge < -0.3 is 4.74 Å². The van der Waals surface area contributed by atoms with Crippen molar-refractivity contribution in [2.45, 2.75) is 24.7 Å². The molecule has 1 aromatic heterocycles. The predicted octanol–water partition coefficient (Wildman–Crippen LogP) is 2.37. The highest BCUT2D eigenvalue weighted by molar-refractivity contribution is 6.29. The minimum Gasteiger partial charge on any atom is -0.381 e. The van der Waals surface area contributed by atoms with E-state index >= 15 is 0 Å². The van der Waals surface area contributed by atoms with Crippen LogP contribution >= 0.6 is 11.6 Å². The molecule has 0 amide bonds. The second-order valence-corrected chi connectivity index (χ2v) is 5.37. The zero-order chi connectivity index (χ0) is 11.9. The van der Waals surface area contributed by atoms with Gasteiger partial charge in [0.05, 0.1) is 18.6 Å². The Hall–Kier alpha value is -0.930. The first-order chi connectivity index (χ1) is 8.21. The van der Waals surface area contributed by atoms with Crippen LogP contribution in [0.2, 0.25) is 5.15 Å². The normalized spacial score (nSPS) is 21.9. The van der Waals surface area contributed by atoms with E-state index in [1.54, 1.807) is 12.3 Å². The summed E-state index contributed by atoms with van der Waals surface area (Å²) in [6, 6.07) is 3.69. The molecule has 1 aliphatic heterocycles. The lowest BCUT2D eigenvalue weighted by Gasteiger charge is -2.27. The van der Waals surface area contributed by atoms with Gasteiger partial charge in [-0.1, -0.05) is 17.7 Å². The average Bonchev–Trinajstić information content (AvgIpc) is 3.05. The standard InChI is InChI=1S/C13H14ClNO2/c14-12-2-1-10(6-15-12)13(3-4-13)11(16)5-9-7-17-8-9/h1-2,6,9H,3-5,7-8H2. The fourth-order valence-corrected chi connectivity index (χ4v) is 2.48. The van der Waals surface area contributed by atoms with Gasteiger partial charge in [-0.05, 0) is 24.5 Å². The van der Waals surface area contributed by atoms with Crippen molar-refractivity contribution in [3.05, 3.63) is 29.0 Å². The molecular formula is C13H14ClNO2. The number of ketones is 1. The maximum atomic E-state index is 12.3. The van der Waals surface area contributed by atoms with Gasteiger partial charge in [0.2, 0.25) is 0 Å². The molecule has 1 aromatic rings. The highest BCUT2D eigenvalue weighted by Crippen LogP contribution is 2.50. The summed E-state index contributed by atoms with van der Waals surface area (Å²) in [6.45, 7) is 1.47. The van der Waals surface area contributed by atoms with E-state index in [1.807, 2.05) is 6.07 Å². The lowest BCUT2D eigenvalue weighted by molar-refractivity contribution is -0.126. The molecule has 3 nitrogen and oxygen atoms in total. The lowest BCUT2D eigenvalue weighted by Crippen LogP contribution is -2.33. The number of hydrogen-bond acceptors (Lipinski definition) is 3. The van der Waals surface area contributed by atoms with Gasteiger partial charge in [-0.15, -0.1) is 0 Å². The number of ether oxygens (including phenoxy) is 1. The summed E-state index contributed by atoms with van der Waals surface area (Å²) in [5.74, 6) is 0.773. The second kappa shape index (κ2) is 4.07. The second-order valence-electron chi connectivity index (χ2n) is 4.98. The number of aromatic nitrogens is 1. The molecule has 17 heavy (non-hydrogen) atoms. The number of rotatable bonds is 4. The van der Waals surface area contributed by atoms with E-state index in [1.165, 1.54) is 0 Å². The summed E-state index contributed by atoms with van der Waals surface area (Å²) in [7, 11) is 0. The number of carbonyl (C=O) groups excluding carboxylic acids is 1. The minimum absolute atomic E-state index is 0.257. The molecule has 0 unspecified atom stereocenters. The van der Waals surface area contributed by atoms with Crippen LogP contribution in [0.15, 0.2) is 18.3 Å². The van der Waals surface area contributed by atoms with Crippen LogP contribution in [0.25, 0.3) is 0 Å². The Morgan fingerprint density at radius 3 is 2.71 bits per heavy atom. The third-order valence-corrected chi connectivity index (χ3v) is 3.97. The van der Waals surface area contributed by atoms with Gasteiger partial charge in [-0.3, -0.25) is 4.79 Å². The zero-order valence-electron chi connectivity index (χ0n) is 9.49. The molecule has 90 valence electrons. The summed E-state index contributed by atoms with van der Waals surface area (Å²) >= 11 is 5.77. The van der Waals surface area contributed by atoms with Gasteiger partial charge in [0.15, 0.2) is 0 Å². The van der Waals surface area contributed by atoms with Gasteiger partial charge in [0.1, 0.15) is 10.9 Å². The molecule has 3 rings (SSSR count). The van der Waals surface area contributed by atoms with Crippen molar-refractivity contribution < 1.29 is 9.53 Å². The van der Waals surface area contributed by atoms with Gasteiger partial charge in [0.25, 0.3) is 0 Å². The summed E-state index contributed by atoms with van der Waals surface area (Å²) < 4.78 is 5.11. The molecule has 0 N–H and O–H groups in total. The van der Waals surface area contributed by atoms with Crippen LogP contribution in [0.3, 0.4) is 0 Å². The molecule has 0 radical (unpaired) electrons. The number of halogens is 1. The van der Waals surface area contributed by atoms with Crippen LogP contribution in [0, 0.1) is 5.92 Å². The smallest absolute Gasteiger partial charge is 0.143 e. The van der Waals surface area contributed by atoms with Crippen LogP contribution in [-0.4, -0.2) is 24.0 Å². The average molecular weight is 252 g/mol. The molecule has 1 saturated heterocycles. The molecular weight excluding hydrogens is 238 g/mol. The van der Waals surface area contributed by atoms with Gasteiger partial charge in [-0.2, -0.15) is 0 Å². The van der Waals surface area contributed by atoms with E-state index in [2.05, 4.69) is 4.98 Å². The first-order valence-electron chi connectivity index (χ1n) is 5.94. The molecule has 0 aromatic carbocycles. The highest BCUT2D eigenvalue weighted by Gasteiger charge is 2.51. The fraction of sp³-hybridized carbons (Fsp3) is 0.538. The van der Waals surface area contributed by atoms with Crippen LogP contribution in [0.4, 0.5) is 0 Å². The lowest BCUT2D eigenvalue weighted by atomic mass is 9.86. The van der Waals surface area contributed by atoms with Crippen molar-refractivity contribution in [3.63, 3.8) is 0 Å². The van der Waals surface area contributed by atoms with E-state index < -0.39 is 0 Å². The van der Waals surface area contributed by atoms with Crippen LogP contribution < -0.4 is 0 Å². The van der Waals surface area contributed by atoms with Crippen molar-refractivity contribution in [3.8, 4) is 0 Å². The summed E-state index contributed by atoms with van der Waals surface area (Å²) in [5, 5.41) is 0.476. The van der Waals surface area contributed by atoms with Gasteiger partial charge >= 0.3 is 0 Å². The van der Waals surface area contributed by atoms with Crippen molar-refractivity contribution in [2.75, 3.05) is 13.2 Å². The number of pyridine rings is 1. The molecule has 2 heterocycles. The first kappa shape index (κ1) is 11.2. The number of Topliss-reactive ketones (excluding diaryl/α,β-unsaturated/α-hetero) is 1. The molecule has 4 heteroatoms. The van der Waals surface area contributed by atoms with E-state index in [0.717, 1.165) is 31.6 Å². The SMILES string of the molecule is O=C(CC1COC1)C1(c2ccc(Cl)nc2)CC1. The molecule has 1 saturated carbocycles. The Labute approximate surface area is 105 Å². The molecule has 2 fully saturated rings.